The van der Waals surface area contributed by atoms with E-state index in [1.54, 1.807) is 0 Å². The van der Waals surface area contributed by atoms with E-state index in [4.69, 9.17) is 10.5 Å². The maximum absolute atomic E-state index is 11.5. The van der Waals surface area contributed by atoms with Crippen LogP contribution in [-0.2, 0) is 4.79 Å². The number of hydrogen-bond acceptors (Lipinski definition) is 3. The molecule has 19 heavy (non-hydrogen) atoms. The molecule has 1 aromatic rings. The van der Waals surface area contributed by atoms with Gasteiger partial charge in [0.15, 0.2) is 6.61 Å². The highest BCUT2D eigenvalue weighted by atomic mass is 16.5. The van der Waals surface area contributed by atoms with Gasteiger partial charge in [-0.25, -0.2) is 0 Å². The number of carbonyl (C=O) groups is 1. The molecule has 1 aromatic carbocycles. The predicted octanol–water partition coefficient (Wildman–Crippen LogP) is 1.90. The third kappa shape index (κ3) is 5.75. The number of nitrogens with one attached hydrogen (secondary N) is 1. The van der Waals surface area contributed by atoms with Gasteiger partial charge in [-0.1, -0.05) is 32.9 Å². The Morgan fingerprint density at radius 2 is 1.89 bits per heavy atom. The van der Waals surface area contributed by atoms with E-state index in [0.29, 0.717) is 24.8 Å². The Hall–Kier alpha value is -1.55. The van der Waals surface area contributed by atoms with Crippen molar-refractivity contribution in [2.45, 2.75) is 26.7 Å². The molecular formula is C15H24N2O2. The zero-order chi connectivity index (χ0) is 14.3. The number of benzene rings is 1. The van der Waals surface area contributed by atoms with Crippen LogP contribution in [0.25, 0.3) is 0 Å². The molecule has 0 aliphatic rings. The van der Waals surface area contributed by atoms with Crippen LogP contribution in [0.2, 0.25) is 0 Å². The van der Waals surface area contributed by atoms with Crippen LogP contribution >= 0.6 is 0 Å². The van der Waals surface area contributed by atoms with Crippen LogP contribution < -0.4 is 15.8 Å². The monoisotopic (exact) mass is 264 g/mol. The summed E-state index contributed by atoms with van der Waals surface area (Å²) in [6.07, 6.45) is 0. The summed E-state index contributed by atoms with van der Waals surface area (Å²) in [6, 6.07) is 7.83. The highest BCUT2D eigenvalue weighted by Gasteiger charge is 2.05. The number of nitrogens with two attached hydrogens (primary N) is 1. The largest absolute Gasteiger partial charge is 0.484 e. The molecule has 0 saturated carbocycles. The second-order valence-corrected chi connectivity index (χ2v) is 5.16. The molecule has 0 spiro atoms. The molecule has 0 saturated heterocycles. The van der Waals surface area contributed by atoms with E-state index in [9.17, 15) is 4.79 Å². The van der Waals surface area contributed by atoms with Crippen LogP contribution in [0.15, 0.2) is 24.3 Å². The van der Waals surface area contributed by atoms with Crippen molar-refractivity contribution >= 4 is 5.91 Å². The number of rotatable bonds is 7. The van der Waals surface area contributed by atoms with Crippen LogP contribution in [0, 0.1) is 5.92 Å². The summed E-state index contributed by atoms with van der Waals surface area (Å²) >= 11 is 0. The molecule has 1 unspecified atom stereocenters. The lowest BCUT2D eigenvalue weighted by atomic mass is 10.0. The molecule has 0 heterocycles. The van der Waals surface area contributed by atoms with Gasteiger partial charge in [-0.05, 0) is 36.1 Å². The lowest BCUT2D eigenvalue weighted by Crippen LogP contribution is -2.34. The van der Waals surface area contributed by atoms with E-state index in [-0.39, 0.29) is 18.4 Å². The van der Waals surface area contributed by atoms with Crippen molar-refractivity contribution in [2.75, 3.05) is 19.7 Å². The first-order valence-electron chi connectivity index (χ1n) is 6.72. The van der Waals surface area contributed by atoms with Gasteiger partial charge in [0, 0.05) is 6.54 Å². The first-order valence-corrected chi connectivity index (χ1v) is 6.72. The lowest BCUT2D eigenvalue weighted by Gasteiger charge is -2.11. The molecule has 106 valence electrons. The highest BCUT2D eigenvalue weighted by molar-refractivity contribution is 5.77. The molecule has 0 aliphatic carbocycles. The van der Waals surface area contributed by atoms with Gasteiger partial charge in [-0.2, -0.15) is 0 Å². The average molecular weight is 264 g/mol. The predicted molar refractivity (Wildman–Crippen MR) is 77.3 cm³/mol. The maximum Gasteiger partial charge on any atom is 0.257 e. The molecular weight excluding hydrogens is 240 g/mol. The Labute approximate surface area is 115 Å². The Balaban J connectivity index is 2.33. The minimum absolute atomic E-state index is 0.0400. The molecule has 1 atom stereocenters. The van der Waals surface area contributed by atoms with Crippen molar-refractivity contribution in [1.29, 1.82) is 0 Å². The number of ether oxygens (including phenoxy) is 1. The Morgan fingerprint density at radius 3 is 2.42 bits per heavy atom. The van der Waals surface area contributed by atoms with Gasteiger partial charge >= 0.3 is 0 Å². The van der Waals surface area contributed by atoms with Crippen molar-refractivity contribution in [3.05, 3.63) is 29.8 Å². The van der Waals surface area contributed by atoms with Crippen LogP contribution in [-0.4, -0.2) is 25.6 Å². The van der Waals surface area contributed by atoms with E-state index in [1.807, 2.05) is 31.2 Å². The highest BCUT2D eigenvalue weighted by Crippen LogP contribution is 2.18. The fraction of sp³-hybridized carbons (Fsp3) is 0.533. The second-order valence-electron chi connectivity index (χ2n) is 5.16. The summed E-state index contributed by atoms with van der Waals surface area (Å²) in [5.74, 6) is 1.38. The average Bonchev–Trinajstić information content (AvgIpc) is 2.42. The van der Waals surface area contributed by atoms with Gasteiger partial charge in [0.05, 0.1) is 0 Å². The number of hydrogen-bond donors (Lipinski definition) is 2. The van der Waals surface area contributed by atoms with E-state index < -0.39 is 0 Å². The van der Waals surface area contributed by atoms with Crippen LogP contribution in [0.3, 0.4) is 0 Å². The minimum Gasteiger partial charge on any atom is -0.484 e. The summed E-state index contributed by atoms with van der Waals surface area (Å²) in [5.41, 5.74) is 6.74. The molecule has 0 bridgehead atoms. The van der Waals surface area contributed by atoms with Gasteiger partial charge in [0.25, 0.3) is 5.91 Å². The molecule has 4 nitrogen and oxygen atoms in total. The van der Waals surface area contributed by atoms with Gasteiger partial charge in [-0.3, -0.25) is 4.79 Å². The molecule has 3 N–H and O–H groups in total. The van der Waals surface area contributed by atoms with Crippen molar-refractivity contribution in [3.8, 4) is 5.75 Å². The van der Waals surface area contributed by atoms with Gasteiger partial charge < -0.3 is 15.8 Å². The summed E-state index contributed by atoms with van der Waals surface area (Å²) in [7, 11) is 0. The summed E-state index contributed by atoms with van der Waals surface area (Å²) < 4.78 is 5.43. The first-order chi connectivity index (χ1) is 9.02. The zero-order valence-corrected chi connectivity index (χ0v) is 12.0. The van der Waals surface area contributed by atoms with Crippen molar-refractivity contribution in [2.24, 2.45) is 11.7 Å². The topological polar surface area (TPSA) is 64.3 Å². The molecule has 0 fully saturated rings. The molecule has 0 aromatic heterocycles. The zero-order valence-electron chi connectivity index (χ0n) is 12.0. The Bertz CT molecular complexity index is 388. The summed E-state index contributed by atoms with van der Waals surface area (Å²) in [6.45, 7) is 7.47. The summed E-state index contributed by atoms with van der Waals surface area (Å²) in [5, 5.41) is 2.79. The normalized spacial score (nSPS) is 12.3. The van der Waals surface area contributed by atoms with Crippen LogP contribution in [0.5, 0.6) is 5.75 Å². The summed E-state index contributed by atoms with van der Waals surface area (Å²) in [4.78, 5) is 11.5. The fourth-order valence-corrected chi connectivity index (χ4v) is 1.52. The standard InChI is InChI=1S/C15H24N2O2/c1-11(2)13-4-6-14(7-5-13)19-10-15(18)17-9-12(3)8-16/h4-7,11-12H,8-10,16H2,1-3H3,(H,17,18). The number of carbonyl (C=O) groups excluding carboxylic acids is 1. The molecule has 1 rings (SSSR count). The van der Waals surface area contributed by atoms with Crippen LogP contribution in [0.1, 0.15) is 32.3 Å². The molecule has 4 heteroatoms. The van der Waals surface area contributed by atoms with Crippen LogP contribution in [0.4, 0.5) is 0 Å². The fourth-order valence-electron chi connectivity index (χ4n) is 1.52. The third-order valence-electron chi connectivity index (χ3n) is 2.97. The van der Waals surface area contributed by atoms with Gasteiger partial charge in [0.1, 0.15) is 5.75 Å². The quantitative estimate of drug-likeness (QED) is 0.790. The third-order valence-corrected chi connectivity index (χ3v) is 2.97. The first kappa shape index (κ1) is 15.5. The lowest BCUT2D eigenvalue weighted by molar-refractivity contribution is -0.123. The maximum atomic E-state index is 11.5. The Morgan fingerprint density at radius 1 is 1.26 bits per heavy atom. The van der Waals surface area contributed by atoms with E-state index in [0.717, 1.165) is 0 Å². The van der Waals surface area contributed by atoms with Crippen molar-refractivity contribution in [3.63, 3.8) is 0 Å². The number of amides is 1. The smallest absolute Gasteiger partial charge is 0.257 e. The van der Waals surface area contributed by atoms with Gasteiger partial charge in [-0.15, -0.1) is 0 Å². The van der Waals surface area contributed by atoms with Gasteiger partial charge in [0.2, 0.25) is 0 Å². The minimum atomic E-state index is -0.117. The van der Waals surface area contributed by atoms with E-state index in [1.165, 1.54) is 5.56 Å². The molecule has 1 amide bonds. The van der Waals surface area contributed by atoms with E-state index in [2.05, 4.69) is 19.2 Å². The van der Waals surface area contributed by atoms with Crippen molar-refractivity contribution in [1.82, 2.24) is 5.32 Å². The van der Waals surface area contributed by atoms with Crippen molar-refractivity contribution < 1.29 is 9.53 Å². The van der Waals surface area contributed by atoms with E-state index >= 15 is 0 Å². The SMILES string of the molecule is CC(CN)CNC(=O)COc1ccc(C(C)C)cc1. The Kier molecular flexibility index (Phi) is 6.36. The molecule has 0 aliphatic heterocycles. The molecule has 0 radical (unpaired) electrons. The second kappa shape index (κ2) is 7.79.